The zero-order chi connectivity index (χ0) is 10.2. The molecule has 2 rings (SSSR count). The number of aromatic nitrogens is 4. The van der Waals surface area contributed by atoms with Crippen LogP contribution in [0.3, 0.4) is 0 Å². The molecular formula is C10H14N4. The predicted octanol–water partition coefficient (Wildman–Crippen LogP) is 1.63. The lowest BCUT2D eigenvalue weighted by atomic mass is 9.88. The van der Waals surface area contributed by atoms with Gasteiger partial charge in [0.05, 0.1) is 5.54 Å². The maximum absolute atomic E-state index is 4.04. The lowest BCUT2D eigenvalue weighted by Crippen LogP contribution is -2.35. The van der Waals surface area contributed by atoms with E-state index in [1.54, 1.807) is 0 Å². The highest BCUT2D eigenvalue weighted by molar-refractivity contribution is 5.45. The molecule has 1 aliphatic heterocycles. The van der Waals surface area contributed by atoms with E-state index in [1.165, 1.54) is 0 Å². The number of nitrogens with zero attached hydrogens (tertiary/aromatic N) is 4. The molecule has 0 aliphatic carbocycles. The van der Waals surface area contributed by atoms with Crippen LogP contribution in [-0.2, 0) is 5.54 Å². The summed E-state index contributed by atoms with van der Waals surface area (Å²) in [5, 5.41) is 11.7. The molecule has 4 heteroatoms. The van der Waals surface area contributed by atoms with Gasteiger partial charge in [-0.15, -0.1) is 5.10 Å². The van der Waals surface area contributed by atoms with Gasteiger partial charge in [-0.05, 0) is 29.3 Å². The van der Waals surface area contributed by atoms with Crippen LogP contribution in [0.1, 0.15) is 26.6 Å². The lowest BCUT2D eigenvalue weighted by molar-refractivity contribution is 0.261. The fourth-order valence-electron chi connectivity index (χ4n) is 1.54. The maximum Gasteiger partial charge on any atom is 0.175 e. The molecule has 14 heavy (non-hydrogen) atoms. The summed E-state index contributed by atoms with van der Waals surface area (Å²) in [5.41, 5.74) is -0.137. The van der Waals surface area contributed by atoms with Gasteiger partial charge in [-0.2, -0.15) is 0 Å². The van der Waals surface area contributed by atoms with Crippen molar-refractivity contribution in [3.05, 3.63) is 24.1 Å². The zero-order valence-corrected chi connectivity index (χ0v) is 8.68. The second kappa shape index (κ2) is 3.04. The van der Waals surface area contributed by atoms with Crippen LogP contribution in [-0.4, -0.2) is 20.2 Å². The standard InChI is InChI=1S/C10H14N4/c1-8(2)10(3)7-5-4-6-9-11-12-13-14(9)10/h4-8H,1-3H3. The van der Waals surface area contributed by atoms with E-state index in [2.05, 4.69) is 42.4 Å². The van der Waals surface area contributed by atoms with Crippen LogP contribution in [0.2, 0.25) is 0 Å². The summed E-state index contributed by atoms with van der Waals surface area (Å²) in [4.78, 5) is 0. The summed E-state index contributed by atoms with van der Waals surface area (Å²) in [6.45, 7) is 6.48. The van der Waals surface area contributed by atoms with E-state index in [4.69, 9.17) is 0 Å². The van der Waals surface area contributed by atoms with Gasteiger partial charge in [-0.3, -0.25) is 0 Å². The Morgan fingerprint density at radius 1 is 1.36 bits per heavy atom. The van der Waals surface area contributed by atoms with Crippen molar-refractivity contribution in [3.8, 4) is 0 Å². The van der Waals surface area contributed by atoms with Crippen LogP contribution < -0.4 is 0 Å². The average Bonchev–Trinajstić information content (AvgIpc) is 2.54. The van der Waals surface area contributed by atoms with E-state index >= 15 is 0 Å². The van der Waals surface area contributed by atoms with E-state index in [-0.39, 0.29) is 5.54 Å². The highest BCUT2D eigenvalue weighted by Crippen LogP contribution is 2.29. The number of allylic oxidation sites excluding steroid dienone is 3. The first-order chi connectivity index (χ1) is 6.64. The van der Waals surface area contributed by atoms with Gasteiger partial charge in [-0.1, -0.05) is 32.1 Å². The Balaban J connectivity index is 2.58. The Bertz CT molecular complexity index is 389. The van der Waals surface area contributed by atoms with Gasteiger partial charge in [0.15, 0.2) is 5.82 Å². The van der Waals surface area contributed by atoms with Crippen LogP contribution >= 0.6 is 0 Å². The Morgan fingerprint density at radius 3 is 2.86 bits per heavy atom. The molecule has 0 aromatic carbocycles. The van der Waals surface area contributed by atoms with E-state index in [1.807, 2.05) is 22.9 Å². The third kappa shape index (κ3) is 1.18. The van der Waals surface area contributed by atoms with E-state index < -0.39 is 0 Å². The van der Waals surface area contributed by atoms with Gasteiger partial charge in [0, 0.05) is 0 Å². The van der Waals surface area contributed by atoms with Crippen molar-refractivity contribution in [2.45, 2.75) is 26.3 Å². The first-order valence-electron chi connectivity index (χ1n) is 4.79. The molecule has 0 spiro atoms. The van der Waals surface area contributed by atoms with Gasteiger partial charge < -0.3 is 0 Å². The molecule has 0 saturated carbocycles. The molecule has 0 N–H and O–H groups in total. The highest BCUT2D eigenvalue weighted by atomic mass is 15.6. The Hall–Kier alpha value is -1.45. The zero-order valence-electron chi connectivity index (χ0n) is 8.68. The largest absolute Gasteiger partial charge is 0.216 e. The molecule has 1 aliphatic rings. The monoisotopic (exact) mass is 190 g/mol. The summed E-state index contributed by atoms with van der Waals surface area (Å²) < 4.78 is 1.87. The van der Waals surface area contributed by atoms with Crippen molar-refractivity contribution < 1.29 is 0 Å². The fourth-order valence-corrected chi connectivity index (χ4v) is 1.54. The molecule has 4 nitrogen and oxygen atoms in total. The number of rotatable bonds is 1. The highest BCUT2D eigenvalue weighted by Gasteiger charge is 2.31. The van der Waals surface area contributed by atoms with Crippen molar-refractivity contribution in [1.82, 2.24) is 20.2 Å². The molecule has 1 atom stereocenters. The smallest absolute Gasteiger partial charge is 0.175 e. The number of tetrazole rings is 1. The van der Waals surface area contributed by atoms with Crippen molar-refractivity contribution >= 4 is 6.08 Å². The minimum absolute atomic E-state index is 0.137. The first-order valence-corrected chi connectivity index (χ1v) is 4.79. The molecule has 2 heterocycles. The van der Waals surface area contributed by atoms with E-state index in [0.717, 1.165) is 5.82 Å². The van der Waals surface area contributed by atoms with Crippen LogP contribution in [0.4, 0.5) is 0 Å². The fraction of sp³-hybridized carbons (Fsp3) is 0.500. The van der Waals surface area contributed by atoms with E-state index in [0.29, 0.717) is 5.92 Å². The lowest BCUT2D eigenvalue weighted by Gasteiger charge is -2.30. The summed E-state index contributed by atoms with van der Waals surface area (Å²) in [6, 6.07) is 0. The molecule has 0 bridgehead atoms. The van der Waals surface area contributed by atoms with Gasteiger partial charge in [0.2, 0.25) is 0 Å². The molecule has 1 aromatic rings. The van der Waals surface area contributed by atoms with Crippen molar-refractivity contribution in [1.29, 1.82) is 0 Å². The average molecular weight is 190 g/mol. The topological polar surface area (TPSA) is 43.6 Å². The molecule has 0 amide bonds. The molecule has 0 fully saturated rings. The van der Waals surface area contributed by atoms with Crippen LogP contribution in [0.15, 0.2) is 18.2 Å². The number of hydrogen-bond donors (Lipinski definition) is 0. The third-order valence-corrected chi connectivity index (χ3v) is 2.91. The van der Waals surface area contributed by atoms with E-state index in [9.17, 15) is 0 Å². The van der Waals surface area contributed by atoms with Gasteiger partial charge in [-0.25, -0.2) is 4.68 Å². The number of fused-ring (bicyclic) bond motifs is 1. The van der Waals surface area contributed by atoms with Crippen molar-refractivity contribution in [3.63, 3.8) is 0 Å². The molecule has 1 unspecified atom stereocenters. The van der Waals surface area contributed by atoms with Crippen LogP contribution in [0.5, 0.6) is 0 Å². The van der Waals surface area contributed by atoms with Gasteiger partial charge in [0.1, 0.15) is 0 Å². The Morgan fingerprint density at radius 2 is 2.14 bits per heavy atom. The maximum atomic E-state index is 4.04. The molecule has 0 radical (unpaired) electrons. The summed E-state index contributed by atoms with van der Waals surface area (Å²) in [5.74, 6) is 1.26. The summed E-state index contributed by atoms with van der Waals surface area (Å²) in [7, 11) is 0. The second-order valence-corrected chi connectivity index (χ2v) is 4.05. The quantitative estimate of drug-likeness (QED) is 0.676. The molecule has 74 valence electrons. The third-order valence-electron chi connectivity index (χ3n) is 2.91. The summed E-state index contributed by atoms with van der Waals surface area (Å²) >= 11 is 0. The van der Waals surface area contributed by atoms with Gasteiger partial charge >= 0.3 is 0 Å². The van der Waals surface area contributed by atoms with Crippen LogP contribution in [0.25, 0.3) is 6.08 Å². The molecular weight excluding hydrogens is 176 g/mol. The Labute approximate surface area is 83.3 Å². The SMILES string of the molecule is CC(C)C1(C)C=CC=Cc2nnnn21. The molecule has 1 aromatic heterocycles. The van der Waals surface area contributed by atoms with Crippen molar-refractivity contribution in [2.24, 2.45) is 5.92 Å². The van der Waals surface area contributed by atoms with Gasteiger partial charge in [0.25, 0.3) is 0 Å². The normalized spacial score (nSPS) is 25.1. The number of hydrogen-bond acceptors (Lipinski definition) is 3. The van der Waals surface area contributed by atoms with Crippen molar-refractivity contribution in [2.75, 3.05) is 0 Å². The summed E-state index contributed by atoms with van der Waals surface area (Å²) in [6.07, 6.45) is 8.07. The second-order valence-electron chi connectivity index (χ2n) is 4.05. The first kappa shape index (κ1) is 9.12. The minimum Gasteiger partial charge on any atom is -0.216 e. The minimum atomic E-state index is -0.137. The Kier molecular flexibility index (Phi) is 1.98. The predicted molar refractivity (Wildman–Crippen MR) is 54.5 cm³/mol. The molecule has 0 saturated heterocycles. The van der Waals surface area contributed by atoms with Crippen LogP contribution in [0, 0.1) is 5.92 Å².